The molecule has 1 N–H and O–H groups in total. The van der Waals surface area contributed by atoms with Gasteiger partial charge in [-0.2, -0.15) is 13.2 Å². The van der Waals surface area contributed by atoms with E-state index in [2.05, 4.69) is 15.4 Å². The molecule has 1 saturated heterocycles. The highest BCUT2D eigenvalue weighted by molar-refractivity contribution is 6.29. The number of carbonyl (C=O) groups excluding carboxylic acids is 1. The van der Waals surface area contributed by atoms with Gasteiger partial charge >= 0.3 is 6.18 Å². The molecule has 4 rings (SSSR count). The van der Waals surface area contributed by atoms with Crippen molar-refractivity contribution in [3.8, 4) is 22.6 Å². The highest BCUT2D eigenvalue weighted by atomic mass is 35.5. The third-order valence-electron chi connectivity index (χ3n) is 5.51. The molecule has 33 heavy (non-hydrogen) atoms. The van der Waals surface area contributed by atoms with Crippen molar-refractivity contribution in [3.63, 3.8) is 0 Å². The quantitative estimate of drug-likeness (QED) is 0.525. The number of rotatable bonds is 5. The first-order valence-electron chi connectivity index (χ1n) is 10.3. The van der Waals surface area contributed by atoms with Gasteiger partial charge in [0.1, 0.15) is 11.6 Å². The molecule has 0 aliphatic carbocycles. The fourth-order valence-electron chi connectivity index (χ4n) is 3.83. The minimum absolute atomic E-state index is 0.00356. The molecule has 1 fully saturated rings. The third-order valence-corrected chi connectivity index (χ3v) is 5.75. The topological polar surface area (TPSA) is 61.6 Å². The zero-order valence-electron chi connectivity index (χ0n) is 17.8. The fourth-order valence-corrected chi connectivity index (χ4v) is 3.90. The molecule has 0 radical (unpaired) electrons. The maximum absolute atomic E-state index is 13.9. The van der Waals surface area contributed by atoms with Gasteiger partial charge in [-0.1, -0.05) is 23.4 Å². The van der Waals surface area contributed by atoms with Crippen LogP contribution >= 0.6 is 11.6 Å². The van der Waals surface area contributed by atoms with E-state index >= 15 is 0 Å². The lowest BCUT2D eigenvalue weighted by atomic mass is 9.99. The molecule has 0 atom stereocenters. The number of amides is 1. The summed E-state index contributed by atoms with van der Waals surface area (Å²) in [6.07, 6.45) is -4.55. The Kier molecular flexibility index (Phi) is 6.62. The summed E-state index contributed by atoms with van der Waals surface area (Å²) in [6.45, 7) is 2.72. The summed E-state index contributed by atoms with van der Waals surface area (Å²) in [5.74, 6) is -0.281. The monoisotopic (exact) mass is 478 g/mol. The summed E-state index contributed by atoms with van der Waals surface area (Å²) in [5.41, 5.74) is 0.859. The van der Waals surface area contributed by atoms with Crippen LogP contribution in [0.2, 0.25) is 0 Å². The van der Waals surface area contributed by atoms with E-state index in [9.17, 15) is 18.0 Å². The molecule has 1 amide bonds. The van der Waals surface area contributed by atoms with E-state index < -0.39 is 11.7 Å². The summed E-state index contributed by atoms with van der Waals surface area (Å²) in [7, 11) is 1.98. The molecular weight excluding hydrogens is 457 g/mol. The normalized spacial score (nSPS) is 15.0. The number of likely N-dealkylation sites (N-methyl/N-ethyl adjacent to an activating group) is 1. The molecule has 1 aliphatic rings. The summed E-state index contributed by atoms with van der Waals surface area (Å²) in [4.78, 5) is 15.6. The molecule has 6 nitrogen and oxygen atoms in total. The molecule has 10 heteroatoms. The zero-order valence-corrected chi connectivity index (χ0v) is 18.6. The Bertz CT molecular complexity index is 1140. The lowest BCUT2D eigenvalue weighted by molar-refractivity contribution is -0.137. The van der Waals surface area contributed by atoms with Crippen molar-refractivity contribution in [2.75, 3.05) is 49.3 Å². The Morgan fingerprint density at radius 2 is 1.85 bits per heavy atom. The first-order valence-corrected chi connectivity index (χ1v) is 10.9. The number of benzene rings is 2. The number of piperazine rings is 1. The van der Waals surface area contributed by atoms with E-state index in [0.717, 1.165) is 19.2 Å². The number of aromatic nitrogens is 1. The van der Waals surface area contributed by atoms with Gasteiger partial charge in [0.05, 0.1) is 5.56 Å². The van der Waals surface area contributed by atoms with Gasteiger partial charge in [0.25, 0.3) is 0 Å². The summed E-state index contributed by atoms with van der Waals surface area (Å²) in [5, 5.41) is 6.63. The van der Waals surface area contributed by atoms with E-state index in [-0.39, 0.29) is 28.8 Å². The molecule has 0 saturated carbocycles. The molecule has 0 spiro atoms. The van der Waals surface area contributed by atoms with Gasteiger partial charge in [-0.3, -0.25) is 4.79 Å². The first kappa shape index (κ1) is 23.1. The maximum atomic E-state index is 13.9. The van der Waals surface area contributed by atoms with Crippen molar-refractivity contribution in [1.82, 2.24) is 10.1 Å². The number of nitrogens with one attached hydrogen (secondary N) is 1. The summed E-state index contributed by atoms with van der Waals surface area (Å²) in [6, 6.07) is 12.4. The summed E-state index contributed by atoms with van der Waals surface area (Å²) < 4.78 is 47.3. The second-order valence-electron chi connectivity index (χ2n) is 7.83. The van der Waals surface area contributed by atoms with E-state index in [1.165, 1.54) is 12.1 Å². The predicted octanol–water partition coefficient (Wildman–Crippen LogP) is 4.96. The molecule has 2 heterocycles. The van der Waals surface area contributed by atoms with Gasteiger partial charge in [-0.15, -0.1) is 11.6 Å². The molecule has 0 bridgehead atoms. The highest BCUT2D eigenvalue weighted by Gasteiger charge is 2.36. The number of alkyl halides is 4. The SMILES string of the molecule is CN1CCN(c2cccc(C(F)(F)F)c2-c2cc(-c3cccc(NC(=O)CCl)c3)on2)CC1. The van der Waals surface area contributed by atoms with Crippen LogP contribution < -0.4 is 10.2 Å². The third kappa shape index (κ3) is 5.15. The smallest absolute Gasteiger partial charge is 0.368 e. The van der Waals surface area contributed by atoms with Crippen molar-refractivity contribution in [2.45, 2.75) is 6.18 Å². The summed E-state index contributed by atoms with van der Waals surface area (Å²) >= 11 is 5.53. The van der Waals surface area contributed by atoms with Gasteiger partial charge in [0, 0.05) is 54.7 Å². The van der Waals surface area contributed by atoms with Crippen LogP contribution in [-0.2, 0) is 11.0 Å². The number of anilines is 2. The largest absolute Gasteiger partial charge is 0.417 e. The molecule has 1 aliphatic heterocycles. The Hall–Kier alpha value is -3.04. The molecule has 3 aromatic rings. The van der Waals surface area contributed by atoms with Crippen molar-refractivity contribution in [2.24, 2.45) is 0 Å². The molecular formula is C23H22ClF3N4O2. The molecule has 174 valence electrons. The lowest BCUT2D eigenvalue weighted by Gasteiger charge is -2.35. The number of hydrogen-bond donors (Lipinski definition) is 1. The molecule has 2 aromatic carbocycles. The van der Waals surface area contributed by atoms with E-state index in [1.807, 2.05) is 11.9 Å². The standard InChI is InChI=1S/C23H22ClF3N4O2/c1-30-8-10-31(11-9-30)19-7-3-6-17(23(25,26)27)22(19)18-13-20(33-29-18)15-4-2-5-16(12-15)28-21(32)14-24/h2-7,12-13H,8-11,14H2,1H3,(H,28,32). The van der Waals surface area contributed by atoms with Crippen LogP contribution in [0.25, 0.3) is 22.6 Å². The fraction of sp³-hybridized carbons (Fsp3) is 0.304. The van der Waals surface area contributed by atoms with Crippen molar-refractivity contribution in [3.05, 3.63) is 54.1 Å². The van der Waals surface area contributed by atoms with Crippen LogP contribution in [0.5, 0.6) is 0 Å². The van der Waals surface area contributed by atoms with Gasteiger partial charge in [-0.05, 0) is 31.3 Å². The lowest BCUT2D eigenvalue weighted by Crippen LogP contribution is -2.44. The highest BCUT2D eigenvalue weighted by Crippen LogP contribution is 2.43. The van der Waals surface area contributed by atoms with Crippen molar-refractivity contribution >= 4 is 28.9 Å². The van der Waals surface area contributed by atoms with Crippen molar-refractivity contribution in [1.29, 1.82) is 0 Å². The second-order valence-corrected chi connectivity index (χ2v) is 8.09. The van der Waals surface area contributed by atoms with E-state index in [1.54, 1.807) is 30.3 Å². The zero-order chi connectivity index (χ0) is 23.6. The van der Waals surface area contributed by atoms with Crippen LogP contribution in [0, 0.1) is 0 Å². The molecule has 0 unspecified atom stereocenters. The van der Waals surface area contributed by atoms with Gasteiger partial charge in [0.2, 0.25) is 5.91 Å². The number of nitrogens with zero attached hydrogens (tertiary/aromatic N) is 3. The minimum Gasteiger partial charge on any atom is -0.368 e. The number of halogens is 4. The van der Waals surface area contributed by atoms with E-state index in [4.69, 9.17) is 16.1 Å². The average Bonchev–Trinajstić information content (AvgIpc) is 3.29. The van der Waals surface area contributed by atoms with Crippen LogP contribution in [0.1, 0.15) is 5.56 Å². The van der Waals surface area contributed by atoms with Gasteiger partial charge in [0.15, 0.2) is 5.76 Å². The molecule has 1 aromatic heterocycles. The Balaban J connectivity index is 1.74. The van der Waals surface area contributed by atoms with Crippen LogP contribution in [0.15, 0.2) is 53.1 Å². The van der Waals surface area contributed by atoms with E-state index in [0.29, 0.717) is 30.0 Å². The Morgan fingerprint density at radius 1 is 1.12 bits per heavy atom. The van der Waals surface area contributed by atoms with Crippen LogP contribution in [0.3, 0.4) is 0 Å². The van der Waals surface area contributed by atoms with Gasteiger partial charge < -0.3 is 19.6 Å². The predicted molar refractivity (Wildman–Crippen MR) is 121 cm³/mol. The first-order chi connectivity index (χ1) is 15.8. The maximum Gasteiger partial charge on any atom is 0.417 e. The van der Waals surface area contributed by atoms with Gasteiger partial charge in [-0.25, -0.2) is 0 Å². The van der Waals surface area contributed by atoms with Crippen molar-refractivity contribution < 1.29 is 22.5 Å². The Labute approximate surface area is 193 Å². The number of carbonyl (C=O) groups is 1. The average molecular weight is 479 g/mol. The Morgan fingerprint density at radius 3 is 2.55 bits per heavy atom. The number of hydrogen-bond acceptors (Lipinski definition) is 5. The second kappa shape index (κ2) is 9.44. The van der Waals surface area contributed by atoms with Crippen LogP contribution in [-0.4, -0.2) is 55.1 Å². The minimum atomic E-state index is -4.55. The van der Waals surface area contributed by atoms with Crippen LogP contribution in [0.4, 0.5) is 24.5 Å².